The lowest BCUT2D eigenvalue weighted by atomic mass is 10.2. The van der Waals surface area contributed by atoms with Gasteiger partial charge in [0.05, 0.1) is 22.0 Å². The molecule has 1 aliphatic heterocycles. The van der Waals surface area contributed by atoms with Crippen LogP contribution in [0.5, 0.6) is 0 Å². The van der Waals surface area contributed by atoms with Crippen molar-refractivity contribution < 1.29 is 13.2 Å². The van der Waals surface area contributed by atoms with Crippen molar-refractivity contribution in [3.63, 3.8) is 0 Å². The van der Waals surface area contributed by atoms with E-state index in [2.05, 4.69) is 9.97 Å². The molecule has 3 heterocycles. The number of aromatic nitrogens is 2. The van der Waals surface area contributed by atoms with Crippen LogP contribution in [-0.4, -0.2) is 41.9 Å². The van der Waals surface area contributed by atoms with E-state index >= 15 is 0 Å². The third kappa shape index (κ3) is 3.48. The molecule has 0 saturated carbocycles. The second kappa shape index (κ2) is 6.99. The number of nitrogens with one attached hydrogen (secondary N) is 2. The van der Waals surface area contributed by atoms with Crippen molar-refractivity contribution in [3.8, 4) is 0 Å². The van der Waals surface area contributed by atoms with E-state index in [1.165, 1.54) is 27.8 Å². The summed E-state index contributed by atoms with van der Waals surface area (Å²) in [5.74, 6) is 0. The van der Waals surface area contributed by atoms with Crippen molar-refractivity contribution in [2.45, 2.75) is 30.4 Å². The fraction of sp³-hybridized carbons (Fsp3) is 0.353. The Morgan fingerprint density at radius 1 is 1.23 bits per heavy atom. The summed E-state index contributed by atoms with van der Waals surface area (Å²) in [7, 11) is -3.72. The predicted molar refractivity (Wildman–Crippen MR) is 99.8 cm³/mol. The first-order valence-electron chi connectivity index (χ1n) is 8.38. The van der Waals surface area contributed by atoms with Crippen molar-refractivity contribution in [1.82, 2.24) is 14.3 Å². The summed E-state index contributed by atoms with van der Waals surface area (Å²) in [6.45, 7) is 1.30. The van der Waals surface area contributed by atoms with Gasteiger partial charge in [-0.05, 0) is 42.5 Å². The van der Waals surface area contributed by atoms with E-state index < -0.39 is 10.0 Å². The van der Waals surface area contributed by atoms with Gasteiger partial charge in [-0.1, -0.05) is 6.07 Å². The molecule has 0 radical (unpaired) electrons. The van der Waals surface area contributed by atoms with Gasteiger partial charge in [0.15, 0.2) is 0 Å². The van der Waals surface area contributed by atoms with Crippen LogP contribution in [-0.2, 0) is 21.3 Å². The number of rotatable bonds is 6. The molecule has 1 saturated heterocycles. The first-order chi connectivity index (χ1) is 12.5. The SMILES string of the molecule is O=c1[nH]c2ccc(S(=O)(=O)N(Cc3cccs3)C[C@H]3CCCO3)cc2[nH]1. The van der Waals surface area contributed by atoms with Gasteiger partial charge in [0.1, 0.15) is 0 Å². The Balaban J connectivity index is 1.69. The van der Waals surface area contributed by atoms with Gasteiger partial charge in [-0.3, -0.25) is 0 Å². The minimum atomic E-state index is -3.72. The van der Waals surface area contributed by atoms with Crippen LogP contribution in [0.4, 0.5) is 0 Å². The molecule has 2 N–H and O–H groups in total. The molecule has 1 aliphatic rings. The molecule has 138 valence electrons. The average molecular weight is 393 g/mol. The van der Waals surface area contributed by atoms with Gasteiger partial charge in [-0.25, -0.2) is 13.2 Å². The number of fused-ring (bicyclic) bond motifs is 1. The highest BCUT2D eigenvalue weighted by Gasteiger charge is 2.29. The molecule has 0 aliphatic carbocycles. The number of hydrogen-bond donors (Lipinski definition) is 2. The highest BCUT2D eigenvalue weighted by molar-refractivity contribution is 7.89. The fourth-order valence-corrected chi connectivity index (χ4v) is 5.44. The first kappa shape index (κ1) is 17.5. The van der Waals surface area contributed by atoms with E-state index in [1.54, 1.807) is 6.07 Å². The maximum atomic E-state index is 13.3. The zero-order valence-electron chi connectivity index (χ0n) is 14.0. The highest BCUT2D eigenvalue weighted by atomic mass is 32.2. The second-order valence-electron chi connectivity index (χ2n) is 6.30. The van der Waals surface area contributed by atoms with E-state index in [0.29, 0.717) is 30.7 Å². The summed E-state index contributed by atoms with van der Waals surface area (Å²) in [4.78, 5) is 17.8. The quantitative estimate of drug-likeness (QED) is 0.672. The predicted octanol–water partition coefficient (Wildman–Crippen LogP) is 2.29. The van der Waals surface area contributed by atoms with Crippen LogP contribution in [0.1, 0.15) is 17.7 Å². The fourth-order valence-electron chi connectivity index (χ4n) is 3.16. The van der Waals surface area contributed by atoms with Crippen LogP contribution < -0.4 is 5.69 Å². The summed E-state index contributed by atoms with van der Waals surface area (Å²) < 4.78 is 33.7. The lowest BCUT2D eigenvalue weighted by molar-refractivity contribution is 0.0927. The van der Waals surface area contributed by atoms with Gasteiger partial charge in [-0.2, -0.15) is 4.31 Å². The Morgan fingerprint density at radius 3 is 2.81 bits per heavy atom. The number of nitrogens with zero attached hydrogens (tertiary/aromatic N) is 1. The number of aromatic amines is 2. The lowest BCUT2D eigenvalue weighted by Crippen LogP contribution is -2.36. The van der Waals surface area contributed by atoms with Crippen LogP contribution in [0.25, 0.3) is 11.0 Å². The van der Waals surface area contributed by atoms with Gasteiger partial charge in [0.25, 0.3) is 0 Å². The molecule has 2 aromatic heterocycles. The van der Waals surface area contributed by atoms with Crippen LogP contribution in [0.3, 0.4) is 0 Å². The van der Waals surface area contributed by atoms with E-state index in [4.69, 9.17) is 4.74 Å². The van der Waals surface area contributed by atoms with E-state index in [9.17, 15) is 13.2 Å². The Morgan fingerprint density at radius 2 is 2.08 bits per heavy atom. The smallest absolute Gasteiger partial charge is 0.323 e. The van der Waals surface area contributed by atoms with Gasteiger partial charge in [0.2, 0.25) is 10.0 Å². The van der Waals surface area contributed by atoms with Crippen molar-refractivity contribution >= 4 is 32.4 Å². The highest BCUT2D eigenvalue weighted by Crippen LogP contribution is 2.25. The van der Waals surface area contributed by atoms with Gasteiger partial charge >= 0.3 is 5.69 Å². The maximum absolute atomic E-state index is 13.3. The maximum Gasteiger partial charge on any atom is 0.323 e. The third-order valence-electron chi connectivity index (χ3n) is 4.47. The molecule has 0 spiro atoms. The molecular formula is C17H19N3O4S2. The molecule has 7 nitrogen and oxygen atoms in total. The van der Waals surface area contributed by atoms with Crippen molar-refractivity contribution in [1.29, 1.82) is 0 Å². The molecule has 26 heavy (non-hydrogen) atoms. The largest absolute Gasteiger partial charge is 0.377 e. The molecule has 3 aromatic rings. The molecule has 0 bridgehead atoms. The van der Waals surface area contributed by atoms with Gasteiger partial charge < -0.3 is 14.7 Å². The number of sulfonamides is 1. The molecule has 9 heteroatoms. The molecular weight excluding hydrogens is 374 g/mol. The zero-order valence-corrected chi connectivity index (χ0v) is 15.6. The summed E-state index contributed by atoms with van der Waals surface area (Å²) in [5, 5.41) is 1.93. The Bertz CT molecular complexity index is 1050. The molecule has 1 aromatic carbocycles. The summed E-state index contributed by atoms with van der Waals surface area (Å²) >= 11 is 1.53. The van der Waals surface area contributed by atoms with Crippen molar-refractivity contribution in [3.05, 3.63) is 51.1 Å². The minimum Gasteiger partial charge on any atom is -0.377 e. The third-order valence-corrected chi connectivity index (χ3v) is 7.14. The number of thiophene rings is 1. The van der Waals surface area contributed by atoms with E-state index in [-0.39, 0.29) is 16.7 Å². The number of H-pyrrole nitrogens is 2. The Hall–Kier alpha value is -1.94. The molecule has 0 amide bonds. The van der Waals surface area contributed by atoms with Crippen LogP contribution in [0, 0.1) is 0 Å². The van der Waals surface area contributed by atoms with Gasteiger partial charge in [0, 0.05) is 24.6 Å². The normalized spacial score (nSPS) is 18.1. The topological polar surface area (TPSA) is 95.3 Å². The van der Waals surface area contributed by atoms with Crippen LogP contribution in [0.2, 0.25) is 0 Å². The molecule has 1 fully saturated rings. The molecule has 0 unspecified atom stereocenters. The second-order valence-corrected chi connectivity index (χ2v) is 9.27. The first-order valence-corrected chi connectivity index (χ1v) is 10.7. The minimum absolute atomic E-state index is 0.0828. The van der Waals surface area contributed by atoms with Crippen LogP contribution >= 0.6 is 11.3 Å². The van der Waals surface area contributed by atoms with Crippen LogP contribution in [0.15, 0.2) is 45.4 Å². The number of imidazole rings is 1. The molecule has 4 rings (SSSR count). The molecule has 1 atom stereocenters. The Kier molecular flexibility index (Phi) is 4.70. The van der Waals surface area contributed by atoms with Crippen molar-refractivity contribution in [2.24, 2.45) is 0 Å². The monoisotopic (exact) mass is 393 g/mol. The zero-order chi connectivity index (χ0) is 18.1. The summed E-state index contributed by atoms with van der Waals surface area (Å²) in [6, 6.07) is 8.47. The Labute approximate surface area is 154 Å². The van der Waals surface area contributed by atoms with E-state index in [1.807, 2.05) is 17.5 Å². The van der Waals surface area contributed by atoms with Crippen molar-refractivity contribution in [2.75, 3.05) is 13.2 Å². The number of ether oxygens (including phenoxy) is 1. The average Bonchev–Trinajstić information content (AvgIpc) is 3.34. The van der Waals surface area contributed by atoms with E-state index in [0.717, 1.165) is 17.7 Å². The lowest BCUT2D eigenvalue weighted by Gasteiger charge is -2.24. The van der Waals surface area contributed by atoms with Gasteiger partial charge in [-0.15, -0.1) is 11.3 Å². The summed E-state index contributed by atoms with van der Waals surface area (Å²) in [6.07, 6.45) is 1.73. The summed E-state index contributed by atoms with van der Waals surface area (Å²) in [5.41, 5.74) is 0.700. The number of benzene rings is 1. The standard InChI is InChI=1S/C17H19N3O4S2/c21-17-18-15-6-5-14(9-16(15)19-17)26(22,23)20(10-12-3-1-7-24-12)11-13-4-2-8-25-13/h2,4-6,8-9,12H,1,3,7,10-11H2,(H2,18,19,21)/t12-/m1/s1. The number of hydrogen-bond acceptors (Lipinski definition) is 5.